The van der Waals surface area contributed by atoms with Gasteiger partial charge in [-0.1, -0.05) is 0 Å². The van der Waals surface area contributed by atoms with E-state index >= 15 is 0 Å². The van der Waals surface area contributed by atoms with Gasteiger partial charge in [0.05, 0.1) is 6.61 Å². The summed E-state index contributed by atoms with van der Waals surface area (Å²) in [7, 11) is 0. The second-order valence-electron chi connectivity index (χ2n) is 3.68. The number of aliphatic hydroxyl groups is 1. The molecule has 13 heavy (non-hydrogen) atoms. The van der Waals surface area contributed by atoms with Crippen molar-refractivity contribution in [3.05, 3.63) is 0 Å². The molecule has 1 aliphatic rings. The molecule has 0 aromatic rings. The van der Waals surface area contributed by atoms with Crippen molar-refractivity contribution in [2.45, 2.75) is 19.3 Å². The van der Waals surface area contributed by atoms with Crippen LogP contribution in [0.25, 0.3) is 0 Å². The van der Waals surface area contributed by atoms with E-state index in [1.807, 2.05) is 6.26 Å². The Bertz CT molecular complexity index is 180. The van der Waals surface area contributed by atoms with Crippen molar-refractivity contribution >= 4 is 17.7 Å². The summed E-state index contributed by atoms with van der Waals surface area (Å²) in [6.07, 6.45) is 4.67. The minimum Gasteiger partial charge on any atom is -0.396 e. The lowest BCUT2D eigenvalue weighted by Crippen LogP contribution is -2.31. The predicted octanol–water partition coefficient (Wildman–Crippen LogP) is 0.628. The predicted molar refractivity (Wildman–Crippen MR) is 54.8 cm³/mol. The van der Waals surface area contributed by atoms with Gasteiger partial charge in [-0.15, -0.1) is 0 Å². The SMILES string of the molecule is CSCCC(=O)NCC1(CO)CC1. The molecule has 1 rings (SSSR count). The average molecular weight is 203 g/mol. The third-order valence-electron chi connectivity index (χ3n) is 2.49. The minimum absolute atomic E-state index is 0.0367. The normalized spacial score (nSPS) is 18.3. The van der Waals surface area contributed by atoms with Crippen LogP contribution < -0.4 is 5.32 Å². The molecule has 1 aliphatic carbocycles. The third-order valence-corrected chi connectivity index (χ3v) is 3.10. The Hall–Kier alpha value is -0.220. The van der Waals surface area contributed by atoms with Crippen molar-refractivity contribution in [3.63, 3.8) is 0 Å². The molecular weight excluding hydrogens is 186 g/mol. The van der Waals surface area contributed by atoms with Crippen molar-refractivity contribution in [2.24, 2.45) is 5.41 Å². The quantitative estimate of drug-likeness (QED) is 0.665. The first kappa shape index (κ1) is 10.9. The molecular formula is C9H17NO2S. The lowest BCUT2D eigenvalue weighted by molar-refractivity contribution is -0.121. The number of amides is 1. The van der Waals surface area contributed by atoms with E-state index in [0.29, 0.717) is 13.0 Å². The molecule has 1 saturated carbocycles. The number of carbonyl (C=O) groups is 1. The van der Waals surface area contributed by atoms with E-state index in [1.165, 1.54) is 0 Å². The number of nitrogens with one attached hydrogen (secondary N) is 1. The summed E-state index contributed by atoms with van der Waals surface area (Å²) in [5.74, 6) is 0.979. The highest BCUT2D eigenvalue weighted by atomic mass is 32.2. The van der Waals surface area contributed by atoms with Crippen LogP contribution in [0.3, 0.4) is 0 Å². The molecule has 0 spiro atoms. The van der Waals surface area contributed by atoms with Crippen molar-refractivity contribution in [2.75, 3.05) is 25.2 Å². The van der Waals surface area contributed by atoms with Gasteiger partial charge in [0.15, 0.2) is 0 Å². The second kappa shape index (κ2) is 4.86. The van der Waals surface area contributed by atoms with Crippen LogP contribution in [0.1, 0.15) is 19.3 Å². The summed E-state index contributed by atoms with van der Waals surface area (Å²) < 4.78 is 0. The van der Waals surface area contributed by atoms with Crippen LogP contribution >= 0.6 is 11.8 Å². The third kappa shape index (κ3) is 3.56. The number of rotatable bonds is 6. The molecule has 1 amide bonds. The number of hydrogen-bond acceptors (Lipinski definition) is 3. The average Bonchev–Trinajstić information content (AvgIpc) is 2.92. The lowest BCUT2D eigenvalue weighted by Gasteiger charge is -2.12. The summed E-state index contributed by atoms with van der Waals surface area (Å²) in [5.41, 5.74) is 0.0367. The molecule has 0 aromatic carbocycles. The number of carbonyl (C=O) groups excluding carboxylic acids is 1. The van der Waals surface area contributed by atoms with E-state index < -0.39 is 0 Å². The van der Waals surface area contributed by atoms with Gasteiger partial charge in [-0.05, 0) is 19.1 Å². The Kier molecular flexibility index (Phi) is 4.06. The van der Waals surface area contributed by atoms with Gasteiger partial charge < -0.3 is 10.4 Å². The first-order chi connectivity index (χ1) is 6.22. The van der Waals surface area contributed by atoms with Crippen LogP contribution in [0.5, 0.6) is 0 Å². The Balaban J connectivity index is 2.08. The molecule has 0 unspecified atom stereocenters. The molecule has 3 nitrogen and oxygen atoms in total. The van der Waals surface area contributed by atoms with Gasteiger partial charge in [0.2, 0.25) is 5.91 Å². The lowest BCUT2D eigenvalue weighted by atomic mass is 10.1. The molecule has 2 N–H and O–H groups in total. The highest BCUT2D eigenvalue weighted by Crippen LogP contribution is 2.44. The fraction of sp³-hybridized carbons (Fsp3) is 0.889. The highest BCUT2D eigenvalue weighted by Gasteiger charge is 2.41. The Morgan fingerprint density at radius 1 is 1.62 bits per heavy atom. The second-order valence-corrected chi connectivity index (χ2v) is 4.66. The van der Waals surface area contributed by atoms with E-state index in [4.69, 9.17) is 5.11 Å². The molecule has 1 fully saturated rings. The zero-order chi connectivity index (χ0) is 9.73. The molecule has 0 bridgehead atoms. The van der Waals surface area contributed by atoms with Crippen LogP contribution in [-0.4, -0.2) is 36.2 Å². The summed E-state index contributed by atoms with van der Waals surface area (Å²) in [5, 5.41) is 11.8. The van der Waals surface area contributed by atoms with Gasteiger partial charge in [0.1, 0.15) is 0 Å². The van der Waals surface area contributed by atoms with Crippen molar-refractivity contribution in [1.29, 1.82) is 0 Å². The van der Waals surface area contributed by atoms with Gasteiger partial charge in [0.25, 0.3) is 0 Å². The topological polar surface area (TPSA) is 49.3 Å². The van der Waals surface area contributed by atoms with E-state index in [-0.39, 0.29) is 17.9 Å². The summed E-state index contributed by atoms with van der Waals surface area (Å²) >= 11 is 1.67. The van der Waals surface area contributed by atoms with Crippen molar-refractivity contribution < 1.29 is 9.90 Å². The molecule has 76 valence electrons. The van der Waals surface area contributed by atoms with E-state index in [0.717, 1.165) is 18.6 Å². The first-order valence-electron chi connectivity index (χ1n) is 4.59. The van der Waals surface area contributed by atoms with E-state index in [2.05, 4.69) is 5.32 Å². The van der Waals surface area contributed by atoms with E-state index in [1.54, 1.807) is 11.8 Å². The first-order valence-corrected chi connectivity index (χ1v) is 5.98. The molecule has 0 radical (unpaired) electrons. The zero-order valence-electron chi connectivity index (χ0n) is 8.01. The Labute approximate surface area is 83.3 Å². The maximum Gasteiger partial charge on any atom is 0.220 e. The van der Waals surface area contributed by atoms with Crippen LogP contribution in [0, 0.1) is 5.41 Å². The van der Waals surface area contributed by atoms with Gasteiger partial charge in [0, 0.05) is 24.1 Å². The minimum atomic E-state index is 0.0367. The Morgan fingerprint density at radius 3 is 2.77 bits per heavy atom. The molecule has 4 heteroatoms. The monoisotopic (exact) mass is 203 g/mol. The number of thioether (sulfide) groups is 1. The fourth-order valence-electron chi connectivity index (χ4n) is 1.14. The summed E-state index contributed by atoms with van der Waals surface area (Å²) in [6.45, 7) is 0.854. The van der Waals surface area contributed by atoms with Crippen LogP contribution in [0.15, 0.2) is 0 Å². The number of hydrogen-bond donors (Lipinski definition) is 2. The molecule has 0 aromatic heterocycles. The summed E-state index contributed by atoms with van der Waals surface area (Å²) in [4.78, 5) is 11.2. The van der Waals surface area contributed by atoms with Crippen LogP contribution in [0.2, 0.25) is 0 Å². The van der Waals surface area contributed by atoms with Gasteiger partial charge >= 0.3 is 0 Å². The fourth-order valence-corrected chi connectivity index (χ4v) is 1.53. The molecule has 0 atom stereocenters. The maximum absolute atomic E-state index is 11.2. The molecule has 0 heterocycles. The van der Waals surface area contributed by atoms with Gasteiger partial charge in [-0.2, -0.15) is 11.8 Å². The van der Waals surface area contributed by atoms with Gasteiger partial charge in [-0.3, -0.25) is 4.79 Å². The number of aliphatic hydroxyl groups excluding tert-OH is 1. The molecule has 0 aliphatic heterocycles. The van der Waals surface area contributed by atoms with Crippen LogP contribution in [0.4, 0.5) is 0 Å². The van der Waals surface area contributed by atoms with Crippen molar-refractivity contribution in [3.8, 4) is 0 Å². The van der Waals surface area contributed by atoms with Crippen LogP contribution in [-0.2, 0) is 4.79 Å². The smallest absolute Gasteiger partial charge is 0.220 e. The highest BCUT2D eigenvalue weighted by molar-refractivity contribution is 7.98. The zero-order valence-corrected chi connectivity index (χ0v) is 8.82. The van der Waals surface area contributed by atoms with Crippen molar-refractivity contribution in [1.82, 2.24) is 5.32 Å². The maximum atomic E-state index is 11.2. The van der Waals surface area contributed by atoms with Gasteiger partial charge in [-0.25, -0.2) is 0 Å². The molecule has 0 saturated heterocycles. The Morgan fingerprint density at radius 2 is 2.31 bits per heavy atom. The largest absolute Gasteiger partial charge is 0.396 e. The summed E-state index contributed by atoms with van der Waals surface area (Å²) in [6, 6.07) is 0. The standard InChI is InChI=1S/C9H17NO2S/c1-13-5-2-8(12)10-6-9(7-11)3-4-9/h11H,2-7H2,1H3,(H,10,12). The van der Waals surface area contributed by atoms with E-state index in [9.17, 15) is 4.79 Å².